The first kappa shape index (κ1) is 17.9. The molecule has 0 bridgehead atoms. The van der Waals surface area contributed by atoms with Crippen LogP contribution in [0.5, 0.6) is 0 Å². The SMILES string of the molecule is Cc1cccc(C)c1NC(=O)CSc1nnc(C2CC2)n1Cc1ccco1. The Balaban J connectivity index is 1.45. The highest BCUT2D eigenvalue weighted by Gasteiger charge is 2.30. The van der Waals surface area contributed by atoms with Gasteiger partial charge in [0.25, 0.3) is 0 Å². The number of rotatable bonds is 7. The van der Waals surface area contributed by atoms with E-state index in [9.17, 15) is 4.79 Å². The molecule has 0 unspecified atom stereocenters. The van der Waals surface area contributed by atoms with Crippen molar-refractivity contribution in [2.75, 3.05) is 11.1 Å². The summed E-state index contributed by atoms with van der Waals surface area (Å²) >= 11 is 1.41. The van der Waals surface area contributed by atoms with Crippen LogP contribution in [-0.4, -0.2) is 26.4 Å². The van der Waals surface area contributed by atoms with E-state index in [1.54, 1.807) is 6.26 Å². The van der Waals surface area contributed by atoms with E-state index in [1.165, 1.54) is 11.8 Å². The van der Waals surface area contributed by atoms with Crippen molar-refractivity contribution in [3.05, 3.63) is 59.3 Å². The summed E-state index contributed by atoms with van der Waals surface area (Å²) in [6.07, 6.45) is 3.96. The van der Waals surface area contributed by atoms with E-state index in [4.69, 9.17) is 4.42 Å². The maximum absolute atomic E-state index is 12.5. The zero-order valence-electron chi connectivity index (χ0n) is 15.4. The highest BCUT2D eigenvalue weighted by atomic mass is 32.2. The zero-order chi connectivity index (χ0) is 18.8. The number of nitrogens with one attached hydrogen (secondary N) is 1. The maximum atomic E-state index is 12.5. The Kier molecular flexibility index (Phi) is 5.03. The van der Waals surface area contributed by atoms with Crippen molar-refractivity contribution < 1.29 is 9.21 Å². The number of aromatic nitrogens is 3. The molecule has 1 N–H and O–H groups in total. The molecule has 0 spiro atoms. The highest BCUT2D eigenvalue weighted by molar-refractivity contribution is 7.99. The van der Waals surface area contributed by atoms with Crippen molar-refractivity contribution in [1.82, 2.24) is 14.8 Å². The fourth-order valence-electron chi connectivity index (χ4n) is 3.07. The van der Waals surface area contributed by atoms with Crippen LogP contribution in [0, 0.1) is 13.8 Å². The molecule has 0 radical (unpaired) electrons. The van der Waals surface area contributed by atoms with Gasteiger partial charge in [0.15, 0.2) is 5.16 Å². The second-order valence-corrected chi connectivity index (χ2v) is 7.83. The third kappa shape index (κ3) is 4.08. The number of nitrogens with zero attached hydrogens (tertiary/aromatic N) is 3. The fourth-order valence-corrected chi connectivity index (χ4v) is 3.82. The summed E-state index contributed by atoms with van der Waals surface area (Å²) in [4.78, 5) is 12.5. The molecular formula is C20H22N4O2S. The van der Waals surface area contributed by atoms with Gasteiger partial charge in [0.05, 0.1) is 18.6 Å². The third-order valence-corrected chi connectivity index (χ3v) is 5.63. The van der Waals surface area contributed by atoms with Crippen molar-refractivity contribution >= 4 is 23.4 Å². The molecule has 140 valence electrons. The number of hydrogen-bond acceptors (Lipinski definition) is 5. The Bertz CT molecular complexity index is 925. The van der Waals surface area contributed by atoms with Gasteiger partial charge in [0.2, 0.25) is 5.91 Å². The lowest BCUT2D eigenvalue weighted by atomic mass is 10.1. The monoisotopic (exact) mass is 382 g/mol. The number of carbonyl (C=O) groups is 1. The maximum Gasteiger partial charge on any atom is 0.234 e. The van der Waals surface area contributed by atoms with Gasteiger partial charge in [-0.1, -0.05) is 30.0 Å². The van der Waals surface area contributed by atoms with Gasteiger partial charge in [0, 0.05) is 11.6 Å². The molecule has 2 aromatic heterocycles. The predicted molar refractivity (Wildman–Crippen MR) is 105 cm³/mol. The first-order valence-corrected chi connectivity index (χ1v) is 10.0. The van der Waals surface area contributed by atoms with Crippen LogP contribution in [0.25, 0.3) is 0 Å². The van der Waals surface area contributed by atoms with Gasteiger partial charge in [0.1, 0.15) is 11.6 Å². The Labute approximate surface area is 162 Å². The first-order valence-electron chi connectivity index (χ1n) is 9.06. The summed E-state index contributed by atoms with van der Waals surface area (Å²) in [7, 11) is 0. The Morgan fingerprint density at radius 3 is 2.67 bits per heavy atom. The van der Waals surface area contributed by atoms with Crippen LogP contribution < -0.4 is 5.32 Å². The van der Waals surface area contributed by atoms with Crippen LogP contribution in [0.1, 0.15) is 41.5 Å². The molecule has 2 heterocycles. The van der Waals surface area contributed by atoms with Crippen LogP contribution in [-0.2, 0) is 11.3 Å². The van der Waals surface area contributed by atoms with E-state index in [0.29, 0.717) is 12.5 Å². The van der Waals surface area contributed by atoms with Gasteiger partial charge in [-0.3, -0.25) is 9.36 Å². The number of hydrogen-bond donors (Lipinski definition) is 1. The quantitative estimate of drug-likeness (QED) is 0.622. The average Bonchev–Trinajstić information content (AvgIpc) is 3.21. The van der Waals surface area contributed by atoms with Crippen molar-refractivity contribution in [3.63, 3.8) is 0 Å². The molecule has 1 aromatic carbocycles. The minimum Gasteiger partial charge on any atom is -0.467 e. The Hall–Kier alpha value is -2.54. The Morgan fingerprint density at radius 1 is 1.22 bits per heavy atom. The smallest absolute Gasteiger partial charge is 0.234 e. The second kappa shape index (κ2) is 7.60. The number of amides is 1. The molecule has 1 aliphatic carbocycles. The molecule has 3 aromatic rings. The van der Waals surface area contributed by atoms with Crippen molar-refractivity contribution in [2.24, 2.45) is 0 Å². The van der Waals surface area contributed by atoms with Gasteiger partial charge in [-0.2, -0.15) is 0 Å². The fraction of sp³-hybridized carbons (Fsp3) is 0.350. The van der Waals surface area contributed by atoms with E-state index in [2.05, 4.69) is 20.1 Å². The average molecular weight is 382 g/mol. The highest BCUT2D eigenvalue weighted by Crippen LogP contribution is 2.40. The van der Waals surface area contributed by atoms with Gasteiger partial charge >= 0.3 is 0 Å². The number of furan rings is 1. The lowest BCUT2D eigenvalue weighted by molar-refractivity contribution is -0.113. The molecule has 1 amide bonds. The Morgan fingerprint density at radius 2 is 2.00 bits per heavy atom. The van der Waals surface area contributed by atoms with E-state index in [-0.39, 0.29) is 11.7 Å². The molecule has 6 nitrogen and oxygen atoms in total. The minimum atomic E-state index is -0.0436. The number of anilines is 1. The summed E-state index contributed by atoms with van der Waals surface area (Å²) in [5, 5.41) is 12.5. The van der Waals surface area contributed by atoms with Crippen LogP contribution in [0.15, 0.2) is 46.2 Å². The van der Waals surface area contributed by atoms with Crippen molar-refractivity contribution in [3.8, 4) is 0 Å². The summed E-state index contributed by atoms with van der Waals surface area (Å²) in [6.45, 7) is 4.59. The largest absolute Gasteiger partial charge is 0.467 e. The predicted octanol–water partition coefficient (Wildman–Crippen LogP) is 4.14. The number of benzene rings is 1. The third-order valence-electron chi connectivity index (χ3n) is 4.66. The lowest BCUT2D eigenvalue weighted by Crippen LogP contribution is -2.16. The number of carbonyl (C=O) groups excluding carboxylic acids is 1. The van der Waals surface area contributed by atoms with Crippen molar-refractivity contribution in [1.29, 1.82) is 0 Å². The van der Waals surface area contributed by atoms with E-state index < -0.39 is 0 Å². The lowest BCUT2D eigenvalue weighted by Gasteiger charge is -2.11. The summed E-state index contributed by atoms with van der Waals surface area (Å²) in [5.74, 6) is 2.57. The zero-order valence-corrected chi connectivity index (χ0v) is 16.3. The molecule has 1 saturated carbocycles. The van der Waals surface area contributed by atoms with Crippen LogP contribution in [0.3, 0.4) is 0 Å². The molecule has 4 rings (SSSR count). The minimum absolute atomic E-state index is 0.0436. The molecule has 0 aliphatic heterocycles. The molecule has 7 heteroatoms. The van der Waals surface area contributed by atoms with E-state index >= 15 is 0 Å². The summed E-state index contributed by atoms with van der Waals surface area (Å²) < 4.78 is 7.56. The standard InChI is InChI=1S/C20H22N4O2S/c1-13-5-3-6-14(2)18(13)21-17(25)12-27-20-23-22-19(15-8-9-15)24(20)11-16-7-4-10-26-16/h3-7,10,15H,8-9,11-12H2,1-2H3,(H,21,25). The van der Waals surface area contributed by atoms with Crippen LogP contribution in [0.2, 0.25) is 0 Å². The normalized spacial score (nSPS) is 13.7. The van der Waals surface area contributed by atoms with E-state index in [1.807, 2.05) is 44.2 Å². The van der Waals surface area contributed by atoms with Gasteiger partial charge in [-0.25, -0.2) is 0 Å². The molecule has 0 atom stereocenters. The molecule has 0 saturated heterocycles. The first-order chi connectivity index (χ1) is 13.1. The molecule has 1 fully saturated rings. The second-order valence-electron chi connectivity index (χ2n) is 6.88. The topological polar surface area (TPSA) is 73.0 Å². The number of aryl methyl sites for hydroxylation is 2. The van der Waals surface area contributed by atoms with Crippen LogP contribution >= 0.6 is 11.8 Å². The number of thioether (sulfide) groups is 1. The van der Waals surface area contributed by atoms with Gasteiger partial charge in [-0.15, -0.1) is 10.2 Å². The van der Waals surface area contributed by atoms with Gasteiger partial charge < -0.3 is 9.73 Å². The van der Waals surface area contributed by atoms with Gasteiger partial charge in [-0.05, 0) is 49.9 Å². The number of para-hydroxylation sites is 1. The van der Waals surface area contributed by atoms with Crippen LogP contribution in [0.4, 0.5) is 5.69 Å². The van der Waals surface area contributed by atoms with Crippen molar-refractivity contribution in [2.45, 2.75) is 44.3 Å². The molecule has 27 heavy (non-hydrogen) atoms. The van der Waals surface area contributed by atoms with E-state index in [0.717, 1.165) is 46.4 Å². The molecular weight excluding hydrogens is 360 g/mol. The summed E-state index contributed by atoms with van der Waals surface area (Å²) in [6, 6.07) is 9.81. The molecule has 1 aliphatic rings. The summed E-state index contributed by atoms with van der Waals surface area (Å²) in [5.41, 5.74) is 3.01.